The van der Waals surface area contributed by atoms with Crippen molar-refractivity contribution in [3.8, 4) is 11.5 Å². The summed E-state index contributed by atoms with van der Waals surface area (Å²) < 4.78 is 21.3. The monoisotopic (exact) mass is 387 g/mol. The van der Waals surface area contributed by atoms with E-state index in [4.69, 9.17) is 23.8 Å². The summed E-state index contributed by atoms with van der Waals surface area (Å²) in [5.41, 5.74) is 0.317. The lowest BCUT2D eigenvalue weighted by Gasteiger charge is -2.41. The topological polar surface area (TPSA) is 147 Å². The number of carbonyl (C=O) groups excluding carboxylic acids is 1. The van der Waals surface area contributed by atoms with Crippen LogP contribution in [0.25, 0.3) is 0 Å². The van der Waals surface area contributed by atoms with E-state index in [-0.39, 0.29) is 5.75 Å². The van der Waals surface area contributed by atoms with Crippen LogP contribution in [-0.2, 0) is 19.1 Å². The van der Waals surface area contributed by atoms with Gasteiger partial charge < -0.3 is 39.4 Å². The number of hydrogen-bond acceptors (Lipinski definition) is 10. The molecule has 3 rings (SSSR count). The highest BCUT2D eigenvalue weighted by Crippen LogP contribution is 2.38. The molecule has 11 heteroatoms. The summed E-state index contributed by atoms with van der Waals surface area (Å²) in [6.45, 7) is -0.630. The third-order valence-corrected chi connectivity index (χ3v) is 4.31. The van der Waals surface area contributed by atoms with Gasteiger partial charge in [-0.15, -0.1) is 0 Å². The molecular weight excluding hydrogens is 366 g/mol. The zero-order chi connectivity index (χ0) is 19.7. The number of hydrogen-bond donors (Lipinski definition) is 4. The maximum Gasteiger partial charge on any atom is 0.320 e. The van der Waals surface area contributed by atoms with Crippen molar-refractivity contribution >= 4 is 11.6 Å². The molecule has 4 N–H and O–H groups in total. The molecule has 6 atom stereocenters. The molecule has 1 fully saturated rings. The maximum atomic E-state index is 12.6. The van der Waals surface area contributed by atoms with Crippen molar-refractivity contribution in [1.82, 2.24) is 0 Å². The first-order valence-corrected chi connectivity index (χ1v) is 8.10. The van der Waals surface area contributed by atoms with Gasteiger partial charge >= 0.3 is 5.91 Å². The molecule has 2 aliphatic rings. The third-order valence-electron chi connectivity index (χ3n) is 4.31. The van der Waals surface area contributed by atoms with Crippen molar-refractivity contribution in [3.63, 3.8) is 0 Å². The summed E-state index contributed by atoms with van der Waals surface area (Å²) in [4.78, 5) is 17.7. The molecule has 1 amide bonds. The standard InChI is InChI=1S/C16H21NO10/c1-23-7-3-4-8-9(5-7)25-16(14(22)17(8)24-2)27-15-13(21)12(20)11(19)10(6-18)26-15/h3-5,10-13,15-16,18-21H,6H2,1-2H3/t10-,11-,12+,13-,15+,16+/m0/s1. The SMILES string of the molecule is COc1ccc2c(c1)O[C@H](O[C@H]1O[C@@H](CO)[C@H](O)[C@@H](O)[C@@H]1O)C(=O)N2OC. The number of aliphatic hydroxyl groups is 4. The number of rotatable bonds is 5. The highest BCUT2D eigenvalue weighted by molar-refractivity contribution is 5.97. The summed E-state index contributed by atoms with van der Waals surface area (Å²) in [5.74, 6) is -0.0664. The molecule has 0 spiro atoms. The van der Waals surface area contributed by atoms with Gasteiger partial charge in [0.05, 0.1) is 20.8 Å². The number of hydroxylamine groups is 1. The molecule has 0 unspecified atom stereocenters. The van der Waals surface area contributed by atoms with Gasteiger partial charge in [-0.1, -0.05) is 0 Å². The number of aliphatic hydroxyl groups excluding tert-OH is 4. The highest BCUT2D eigenvalue weighted by atomic mass is 16.8. The van der Waals surface area contributed by atoms with Crippen LogP contribution in [0, 0.1) is 0 Å². The first kappa shape index (κ1) is 19.8. The zero-order valence-corrected chi connectivity index (χ0v) is 14.6. The fourth-order valence-electron chi connectivity index (χ4n) is 2.84. The van der Waals surface area contributed by atoms with Crippen molar-refractivity contribution in [3.05, 3.63) is 18.2 Å². The minimum absolute atomic E-state index is 0.213. The first-order chi connectivity index (χ1) is 12.9. The Balaban J connectivity index is 1.83. The number of ether oxygens (including phenoxy) is 4. The number of fused-ring (bicyclic) bond motifs is 1. The molecule has 11 nitrogen and oxygen atoms in total. The fourth-order valence-corrected chi connectivity index (χ4v) is 2.84. The van der Waals surface area contributed by atoms with Crippen molar-refractivity contribution in [2.24, 2.45) is 0 Å². The van der Waals surface area contributed by atoms with Crippen LogP contribution >= 0.6 is 0 Å². The molecule has 1 aromatic carbocycles. The average Bonchev–Trinajstić information content (AvgIpc) is 2.68. The number of amides is 1. The van der Waals surface area contributed by atoms with Crippen LogP contribution in [0.3, 0.4) is 0 Å². The van der Waals surface area contributed by atoms with E-state index < -0.39 is 49.5 Å². The van der Waals surface area contributed by atoms with Crippen molar-refractivity contribution in [2.75, 3.05) is 25.9 Å². The predicted octanol–water partition coefficient (Wildman–Crippen LogP) is -1.88. The molecule has 2 heterocycles. The largest absolute Gasteiger partial charge is 0.497 e. The lowest BCUT2D eigenvalue weighted by Crippen LogP contribution is -2.61. The molecule has 27 heavy (non-hydrogen) atoms. The minimum atomic E-state index is -1.68. The quantitative estimate of drug-likeness (QED) is 0.453. The Bertz CT molecular complexity index is 683. The predicted molar refractivity (Wildman–Crippen MR) is 86.8 cm³/mol. The Labute approximate surface area is 154 Å². The molecule has 0 aliphatic carbocycles. The number of benzene rings is 1. The number of nitrogens with zero attached hydrogens (tertiary/aromatic N) is 1. The molecule has 0 aromatic heterocycles. The Morgan fingerprint density at radius 3 is 2.52 bits per heavy atom. The Kier molecular flexibility index (Phi) is 5.81. The Morgan fingerprint density at radius 1 is 1.15 bits per heavy atom. The van der Waals surface area contributed by atoms with Crippen molar-refractivity contribution in [1.29, 1.82) is 0 Å². The van der Waals surface area contributed by atoms with E-state index in [2.05, 4.69) is 0 Å². The molecular formula is C16H21NO10. The molecule has 2 aliphatic heterocycles. The van der Waals surface area contributed by atoms with Crippen molar-refractivity contribution < 1.29 is 49.0 Å². The second-order valence-electron chi connectivity index (χ2n) is 5.93. The molecule has 0 bridgehead atoms. The van der Waals surface area contributed by atoms with Gasteiger partial charge in [0, 0.05) is 6.07 Å². The van der Waals surface area contributed by atoms with Crippen LogP contribution in [-0.4, -0.2) is 84.2 Å². The van der Waals surface area contributed by atoms with Crippen LogP contribution in [0.1, 0.15) is 0 Å². The van der Waals surface area contributed by atoms with E-state index in [1.165, 1.54) is 20.3 Å². The van der Waals surface area contributed by atoms with E-state index in [9.17, 15) is 25.2 Å². The number of carbonyl (C=O) groups is 1. The lowest BCUT2D eigenvalue weighted by atomic mass is 9.99. The second-order valence-corrected chi connectivity index (χ2v) is 5.93. The van der Waals surface area contributed by atoms with Crippen LogP contribution in [0.4, 0.5) is 5.69 Å². The van der Waals surface area contributed by atoms with Crippen molar-refractivity contribution in [2.45, 2.75) is 37.0 Å². The summed E-state index contributed by atoms with van der Waals surface area (Å²) >= 11 is 0. The van der Waals surface area contributed by atoms with Gasteiger partial charge in [-0.3, -0.25) is 9.63 Å². The van der Waals surface area contributed by atoms with E-state index in [0.29, 0.717) is 11.4 Å². The van der Waals surface area contributed by atoms with Gasteiger partial charge in [0.15, 0.2) is 12.0 Å². The van der Waals surface area contributed by atoms with E-state index in [0.717, 1.165) is 5.06 Å². The summed E-state index contributed by atoms with van der Waals surface area (Å²) in [6.07, 6.45) is -9.18. The van der Waals surface area contributed by atoms with Gasteiger partial charge in [-0.05, 0) is 12.1 Å². The summed E-state index contributed by atoms with van der Waals surface area (Å²) in [5, 5.41) is 39.9. The first-order valence-electron chi connectivity index (χ1n) is 8.10. The summed E-state index contributed by atoms with van der Waals surface area (Å²) in [7, 11) is 2.74. The lowest BCUT2D eigenvalue weighted by molar-refractivity contribution is -0.323. The normalized spacial score (nSPS) is 33.4. The fraction of sp³-hybridized carbons (Fsp3) is 0.562. The van der Waals surface area contributed by atoms with Gasteiger partial charge in [0.1, 0.15) is 35.9 Å². The minimum Gasteiger partial charge on any atom is -0.497 e. The smallest absolute Gasteiger partial charge is 0.320 e. The van der Waals surface area contributed by atoms with E-state index in [1.54, 1.807) is 12.1 Å². The molecule has 1 saturated heterocycles. The Morgan fingerprint density at radius 2 is 1.89 bits per heavy atom. The number of methoxy groups -OCH3 is 1. The second kappa shape index (κ2) is 7.94. The summed E-state index contributed by atoms with van der Waals surface area (Å²) in [6, 6.07) is 4.68. The van der Waals surface area contributed by atoms with Gasteiger partial charge in [0.25, 0.3) is 6.29 Å². The molecule has 150 valence electrons. The Hall–Kier alpha value is -1.99. The molecule has 0 saturated carbocycles. The van der Waals surface area contributed by atoms with E-state index >= 15 is 0 Å². The van der Waals surface area contributed by atoms with Crippen LogP contribution in [0.2, 0.25) is 0 Å². The molecule has 1 aromatic rings. The van der Waals surface area contributed by atoms with Crippen LogP contribution < -0.4 is 14.5 Å². The average molecular weight is 387 g/mol. The molecule has 0 radical (unpaired) electrons. The zero-order valence-electron chi connectivity index (χ0n) is 14.6. The van der Waals surface area contributed by atoms with Gasteiger partial charge in [-0.2, -0.15) is 5.06 Å². The maximum absolute atomic E-state index is 12.6. The van der Waals surface area contributed by atoms with Crippen LogP contribution in [0.5, 0.6) is 11.5 Å². The van der Waals surface area contributed by atoms with Gasteiger partial charge in [0.2, 0.25) is 0 Å². The van der Waals surface area contributed by atoms with Crippen LogP contribution in [0.15, 0.2) is 18.2 Å². The third kappa shape index (κ3) is 3.58. The van der Waals surface area contributed by atoms with Gasteiger partial charge in [-0.25, -0.2) is 0 Å². The van der Waals surface area contributed by atoms with E-state index in [1.807, 2.05) is 0 Å². The number of anilines is 1. The highest BCUT2D eigenvalue weighted by Gasteiger charge is 2.47.